The standard InChI is InChI=1S/C10H13N5O6/c11-14-12-3-10(4-16)7(19)6(18)8(21-10)15-2-1-5(17)13-9(15)20/h1-2,6-8,16,18-19H,3-4H2,(H,13,17,20)/t6?,7?,8-,10-/m1/s1. The van der Waals surface area contributed by atoms with Crippen molar-refractivity contribution in [3.05, 3.63) is 43.5 Å². The normalized spacial score (nSPS) is 31.9. The molecule has 114 valence electrons. The average molecular weight is 299 g/mol. The predicted molar refractivity (Wildman–Crippen MR) is 67.3 cm³/mol. The highest BCUT2D eigenvalue weighted by Crippen LogP contribution is 2.36. The first-order valence-corrected chi connectivity index (χ1v) is 5.92. The van der Waals surface area contributed by atoms with E-state index in [9.17, 15) is 24.9 Å². The van der Waals surface area contributed by atoms with Crippen molar-refractivity contribution in [2.24, 2.45) is 5.11 Å². The average Bonchev–Trinajstić information content (AvgIpc) is 2.71. The van der Waals surface area contributed by atoms with Gasteiger partial charge in [0.1, 0.15) is 17.8 Å². The Balaban J connectivity index is 2.41. The highest BCUT2D eigenvalue weighted by atomic mass is 16.6. The summed E-state index contributed by atoms with van der Waals surface area (Å²) in [6.45, 7) is -1.17. The zero-order valence-electron chi connectivity index (χ0n) is 10.7. The first kappa shape index (κ1) is 15.2. The van der Waals surface area contributed by atoms with Crippen molar-refractivity contribution in [3.63, 3.8) is 0 Å². The minimum Gasteiger partial charge on any atom is -0.393 e. The van der Waals surface area contributed by atoms with Crippen LogP contribution in [0.3, 0.4) is 0 Å². The summed E-state index contributed by atoms with van der Waals surface area (Å²) >= 11 is 0. The molecule has 21 heavy (non-hydrogen) atoms. The second kappa shape index (κ2) is 5.68. The third-order valence-corrected chi connectivity index (χ3v) is 3.30. The van der Waals surface area contributed by atoms with E-state index < -0.39 is 48.4 Å². The van der Waals surface area contributed by atoms with Gasteiger partial charge in [-0.25, -0.2) is 4.79 Å². The lowest BCUT2D eigenvalue weighted by Gasteiger charge is -2.27. The van der Waals surface area contributed by atoms with E-state index in [1.54, 1.807) is 0 Å². The van der Waals surface area contributed by atoms with Gasteiger partial charge in [0.05, 0.1) is 13.2 Å². The molecule has 0 aromatic carbocycles. The Morgan fingerprint density at radius 2 is 2.24 bits per heavy atom. The van der Waals surface area contributed by atoms with E-state index in [1.807, 2.05) is 4.98 Å². The van der Waals surface area contributed by atoms with Crippen LogP contribution in [0.5, 0.6) is 0 Å². The van der Waals surface area contributed by atoms with Gasteiger partial charge in [-0.1, -0.05) is 5.11 Å². The molecule has 2 rings (SSSR count). The molecule has 2 unspecified atom stereocenters. The highest BCUT2D eigenvalue weighted by molar-refractivity contribution is 5.03. The van der Waals surface area contributed by atoms with Crippen molar-refractivity contribution in [3.8, 4) is 0 Å². The van der Waals surface area contributed by atoms with E-state index >= 15 is 0 Å². The van der Waals surface area contributed by atoms with E-state index in [2.05, 4.69) is 10.0 Å². The van der Waals surface area contributed by atoms with Gasteiger partial charge in [0, 0.05) is 17.2 Å². The molecule has 1 fully saturated rings. The third kappa shape index (κ3) is 2.55. The van der Waals surface area contributed by atoms with Crippen LogP contribution in [-0.4, -0.2) is 55.8 Å². The SMILES string of the molecule is [N-]=[N+]=NC[C@]1(CO)O[C@@H](n2ccc(=O)[nH]c2=O)C(O)C1O. The van der Waals surface area contributed by atoms with Gasteiger partial charge in [-0.3, -0.25) is 14.3 Å². The largest absolute Gasteiger partial charge is 0.393 e. The van der Waals surface area contributed by atoms with Gasteiger partial charge in [0.15, 0.2) is 6.23 Å². The van der Waals surface area contributed by atoms with Gasteiger partial charge in [-0.05, 0) is 5.53 Å². The Morgan fingerprint density at radius 1 is 1.52 bits per heavy atom. The Labute approximate surface area is 116 Å². The van der Waals surface area contributed by atoms with Gasteiger partial charge in [0.2, 0.25) is 0 Å². The Kier molecular flexibility index (Phi) is 4.11. The lowest BCUT2D eigenvalue weighted by Crippen LogP contribution is -2.48. The first-order chi connectivity index (χ1) is 9.95. The molecule has 11 nitrogen and oxygen atoms in total. The van der Waals surface area contributed by atoms with Gasteiger partial charge < -0.3 is 20.1 Å². The summed E-state index contributed by atoms with van der Waals surface area (Å²) < 4.78 is 6.22. The summed E-state index contributed by atoms with van der Waals surface area (Å²) in [5, 5.41) is 32.6. The van der Waals surface area contributed by atoms with E-state index in [4.69, 9.17) is 10.3 Å². The molecule has 0 spiro atoms. The number of rotatable bonds is 4. The number of aliphatic hydroxyl groups is 3. The van der Waals surface area contributed by atoms with Crippen LogP contribution in [0.2, 0.25) is 0 Å². The van der Waals surface area contributed by atoms with Crippen LogP contribution < -0.4 is 11.2 Å². The number of hydrogen-bond donors (Lipinski definition) is 4. The number of aliphatic hydroxyl groups excluding tert-OH is 3. The summed E-state index contributed by atoms with van der Waals surface area (Å²) in [6, 6.07) is 1.04. The lowest BCUT2D eigenvalue weighted by atomic mass is 9.96. The number of azide groups is 1. The van der Waals surface area contributed by atoms with Crippen LogP contribution in [-0.2, 0) is 4.74 Å². The monoisotopic (exact) mass is 299 g/mol. The number of hydrogen-bond acceptors (Lipinski definition) is 7. The molecule has 0 bridgehead atoms. The van der Waals surface area contributed by atoms with Crippen molar-refractivity contribution in [1.82, 2.24) is 9.55 Å². The minimum absolute atomic E-state index is 0.438. The lowest BCUT2D eigenvalue weighted by molar-refractivity contribution is -0.123. The van der Waals surface area contributed by atoms with Crippen molar-refractivity contribution < 1.29 is 20.1 Å². The second-order valence-corrected chi connectivity index (χ2v) is 4.57. The molecule has 1 saturated heterocycles. The molecule has 1 aromatic rings. The number of nitrogens with one attached hydrogen (secondary N) is 1. The summed E-state index contributed by atoms with van der Waals surface area (Å²) in [5.41, 5.74) is 5.11. The van der Waals surface area contributed by atoms with Crippen LogP contribution >= 0.6 is 0 Å². The van der Waals surface area contributed by atoms with Crippen LogP contribution in [0.15, 0.2) is 27.0 Å². The Bertz CT molecular complexity index is 679. The molecule has 1 aliphatic heterocycles. The topological polar surface area (TPSA) is 174 Å². The molecular weight excluding hydrogens is 286 g/mol. The molecule has 4 N–H and O–H groups in total. The molecule has 1 aromatic heterocycles. The molecular formula is C10H13N5O6. The molecule has 0 saturated carbocycles. The van der Waals surface area contributed by atoms with Crippen molar-refractivity contribution in [2.75, 3.05) is 13.2 Å². The fraction of sp³-hybridized carbons (Fsp3) is 0.600. The highest BCUT2D eigenvalue weighted by Gasteiger charge is 2.54. The maximum atomic E-state index is 11.7. The number of H-pyrrole nitrogens is 1. The molecule has 11 heteroatoms. The quantitative estimate of drug-likeness (QED) is 0.279. The maximum Gasteiger partial charge on any atom is 0.330 e. The number of aromatic nitrogens is 2. The molecule has 4 atom stereocenters. The fourth-order valence-corrected chi connectivity index (χ4v) is 2.16. The number of ether oxygens (including phenoxy) is 1. The van der Waals surface area contributed by atoms with Gasteiger partial charge in [-0.2, -0.15) is 0 Å². The number of nitrogens with zero attached hydrogens (tertiary/aromatic N) is 4. The Morgan fingerprint density at radius 3 is 2.81 bits per heavy atom. The summed E-state index contributed by atoms with van der Waals surface area (Å²) in [5.74, 6) is 0. The summed E-state index contributed by atoms with van der Waals surface area (Å²) in [7, 11) is 0. The first-order valence-electron chi connectivity index (χ1n) is 5.92. The second-order valence-electron chi connectivity index (χ2n) is 4.57. The van der Waals surface area contributed by atoms with Crippen LogP contribution in [0, 0.1) is 0 Å². The van der Waals surface area contributed by atoms with Crippen LogP contribution in [0.25, 0.3) is 10.4 Å². The smallest absolute Gasteiger partial charge is 0.330 e. The third-order valence-electron chi connectivity index (χ3n) is 3.30. The van der Waals surface area contributed by atoms with Crippen molar-refractivity contribution >= 4 is 0 Å². The zero-order valence-corrected chi connectivity index (χ0v) is 10.7. The van der Waals surface area contributed by atoms with Crippen molar-refractivity contribution in [2.45, 2.75) is 24.0 Å². The number of aromatic amines is 1. The van der Waals surface area contributed by atoms with E-state index in [-0.39, 0.29) is 0 Å². The maximum absolute atomic E-state index is 11.7. The molecule has 0 amide bonds. The Hall–Kier alpha value is -2.17. The molecule has 2 heterocycles. The van der Waals surface area contributed by atoms with Crippen molar-refractivity contribution in [1.29, 1.82) is 0 Å². The summed E-state index contributed by atoms with van der Waals surface area (Å²) in [6.07, 6.45) is -3.40. The zero-order chi connectivity index (χ0) is 15.6. The van der Waals surface area contributed by atoms with Gasteiger partial charge in [-0.15, -0.1) is 0 Å². The van der Waals surface area contributed by atoms with E-state index in [1.165, 1.54) is 0 Å². The molecule has 0 aliphatic carbocycles. The summed E-state index contributed by atoms with van der Waals surface area (Å²) in [4.78, 5) is 27.2. The predicted octanol–water partition coefficient (Wildman–Crippen LogP) is -2.17. The minimum atomic E-state index is -1.73. The van der Waals surface area contributed by atoms with E-state index in [0.717, 1.165) is 16.8 Å². The molecule has 1 aliphatic rings. The molecule has 0 radical (unpaired) electrons. The van der Waals surface area contributed by atoms with Crippen LogP contribution in [0.1, 0.15) is 6.23 Å². The van der Waals surface area contributed by atoms with Crippen LogP contribution in [0.4, 0.5) is 0 Å². The van der Waals surface area contributed by atoms with Gasteiger partial charge in [0.25, 0.3) is 5.56 Å². The van der Waals surface area contributed by atoms with Gasteiger partial charge >= 0.3 is 5.69 Å². The van der Waals surface area contributed by atoms with E-state index in [0.29, 0.717) is 0 Å². The fourth-order valence-electron chi connectivity index (χ4n) is 2.16.